The number of amides is 1. The van der Waals surface area contributed by atoms with Crippen molar-refractivity contribution in [3.05, 3.63) is 59.3 Å². The van der Waals surface area contributed by atoms with E-state index < -0.39 is 0 Å². The fourth-order valence-corrected chi connectivity index (χ4v) is 4.39. The summed E-state index contributed by atoms with van der Waals surface area (Å²) < 4.78 is 11.7. The summed E-state index contributed by atoms with van der Waals surface area (Å²) in [4.78, 5) is 14.9. The molecule has 0 spiro atoms. The van der Waals surface area contributed by atoms with Crippen molar-refractivity contribution in [2.45, 2.75) is 46.1 Å². The number of furan rings is 1. The number of carbonyl (C=O) groups is 1. The van der Waals surface area contributed by atoms with Gasteiger partial charge >= 0.3 is 0 Å². The molecule has 2 aromatic carbocycles. The average molecular weight is 438 g/mol. The van der Waals surface area contributed by atoms with Crippen LogP contribution in [0.15, 0.2) is 53.2 Å². The second kappa shape index (κ2) is 9.19. The van der Waals surface area contributed by atoms with Crippen LogP contribution in [0.25, 0.3) is 27.7 Å². The summed E-state index contributed by atoms with van der Waals surface area (Å²) in [6.45, 7) is 7.41. The second-order valence-electron chi connectivity index (χ2n) is 8.14. The lowest BCUT2D eigenvalue weighted by atomic mass is 9.98. The fraction of sp³-hybridized carbons (Fsp3) is 0.346. The quantitative estimate of drug-likeness (QED) is 0.405. The first kappa shape index (κ1) is 21.5. The topological polar surface area (TPSA) is 42.7 Å². The number of carbonyl (C=O) groups excluding carboxylic acids is 1. The van der Waals surface area contributed by atoms with E-state index in [2.05, 4.69) is 13.0 Å². The number of rotatable bonds is 5. The maximum absolute atomic E-state index is 13.0. The molecule has 1 saturated heterocycles. The number of benzene rings is 2. The summed E-state index contributed by atoms with van der Waals surface area (Å²) in [5, 5.41) is 1.67. The zero-order chi connectivity index (χ0) is 22.0. The van der Waals surface area contributed by atoms with Gasteiger partial charge < -0.3 is 14.1 Å². The lowest BCUT2D eigenvalue weighted by Crippen LogP contribution is -2.41. The van der Waals surface area contributed by atoms with Gasteiger partial charge in [-0.1, -0.05) is 23.7 Å². The van der Waals surface area contributed by atoms with E-state index in [4.69, 9.17) is 20.8 Å². The number of nitrogens with zero attached hydrogens (tertiary/aromatic N) is 1. The Morgan fingerprint density at radius 3 is 2.74 bits per heavy atom. The van der Waals surface area contributed by atoms with Gasteiger partial charge in [-0.15, -0.1) is 0 Å². The molecule has 1 aliphatic rings. The highest BCUT2D eigenvalue weighted by Gasteiger charge is 2.22. The molecule has 0 radical (unpaired) electrons. The van der Waals surface area contributed by atoms with Crippen LogP contribution in [-0.2, 0) is 4.79 Å². The van der Waals surface area contributed by atoms with Gasteiger partial charge in [0.05, 0.1) is 12.9 Å². The fourth-order valence-electron chi connectivity index (χ4n) is 4.26. The largest absolute Gasteiger partial charge is 0.493 e. The minimum absolute atomic E-state index is 0.0670. The van der Waals surface area contributed by atoms with Crippen LogP contribution in [0.5, 0.6) is 5.75 Å². The Balaban J connectivity index is 1.75. The molecule has 5 heteroatoms. The van der Waals surface area contributed by atoms with E-state index in [9.17, 15) is 4.79 Å². The molecule has 2 heterocycles. The lowest BCUT2D eigenvalue weighted by Gasteiger charge is -2.32. The summed E-state index contributed by atoms with van der Waals surface area (Å²) in [6.07, 6.45) is 6.82. The van der Waals surface area contributed by atoms with Crippen LogP contribution >= 0.6 is 11.6 Å². The van der Waals surface area contributed by atoms with Crippen molar-refractivity contribution in [2.24, 2.45) is 0 Å². The van der Waals surface area contributed by atoms with Gasteiger partial charge in [0.2, 0.25) is 5.91 Å². The van der Waals surface area contributed by atoms with E-state index in [0.717, 1.165) is 58.4 Å². The Bertz CT molecular complexity index is 1110. The highest BCUT2D eigenvalue weighted by Crippen LogP contribution is 2.38. The maximum atomic E-state index is 13.0. The Kier molecular flexibility index (Phi) is 6.38. The average Bonchev–Trinajstić information content (AvgIpc) is 3.17. The van der Waals surface area contributed by atoms with Crippen LogP contribution < -0.4 is 4.74 Å². The molecule has 1 fully saturated rings. The molecule has 1 aromatic heterocycles. The third kappa shape index (κ3) is 4.49. The molecule has 0 bridgehead atoms. The summed E-state index contributed by atoms with van der Waals surface area (Å²) >= 11 is 6.05. The third-order valence-corrected chi connectivity index (χ3v) is 6.23. The van der Waals surface area contributed by atoms with Crippen LogP contribution in [-0.4, -0.2) is 30.0 Å². The maximum Gasteiger partial charge on any atom is 0.247 e. The molecule has 1 atom stereocenters. The molecule has 4 nitrogen and oxygen atoms in total. The van der Waals surface area contributed by atoms with Gasteiger partial charge in [0, 0.05) is 46.3 Å². The normalized spacial score (nSPS) is 17.2. The Hall–Kier alpha value is -2.72. The smallest absolute Gasteiger partial charge is 0.247 e. The van der Waals surface area contributed by atoms with E-state index >= 15 is 0 Å². The van der Waals surface area contributed by atoms with Crippen LogP contribution in [0.4, 0.5) is 0 Å². The molecule has 0 N–H and O–H groups in total. The summed E-state index contributed by atoms with van der Waals surface area (Å²) in [5.74, 6) is 0.789. The van der Waals surface area contributed by atoms with Crippen molar-refractivity contribution < 1.29 is 13.9 Å². The Morgan fingerprint density at radius 2 is 2.03 bits per heavy atom. The van der Waals surface area contributed by atoms with Gasteiger partial charge in [0.15, 0.2) is 0 Å². The number of hydrogen-bond donors (Lipinski definition) is 0. The van der Waals surface area contributed by atoms with Gasteiger partial charge in [-0.25, -0.2) is 0 Å². The molecule has 31 heavy (non-hydrogen) atoms. The summed E-state index contributed by atoms with van der Waals surface area (Å²) in [5.41, 5.74) is 4.55. The first-order valence-corrected chi connectivity index (χ1v) is 11.3. The van der Waals surface area contributed by atoms with Crippen molar-refractivity contribution in [1.29, 1.82) is 0 Å². The van der Waals surface area contributed by atoms with Crippen LogP contribution in [0.1, 0.15) is 45.6 Å². The van der Waals surface area contributed by atoms with Gasteiger partial charge in [0.25, 0.3) is 0 Å². The van der Waals surface area contributed by atoms with E-state index in [-0.39, 0.29) is 11.9 Å². The predicted molar refractivity (Wildman–Crippen MR) is 127 cm³/mol. The van der Waals surface area contributed by atoms with Crippen molar-refractivity contribution in [2.75, 3.05) is 13.2 Å². The minimum Gasteiger partial charge on any atom is -0.493 e. The van der Waals surface area contributed by atoms with Gasteiger partial charge in [-0.2, -0.15) is 0 Å². The lowest BCUT2D eigenvalue weighted by molar-refractivity contribution is -0.129. The number of likely N-dealkylation sites (tertiary alicyclic amines) is 1. The molecule has 0 saturated carbocycles. The van der Waals surface area contributed by atoms with E-state index in [1.54, 1.807) is 12.3 Å². The van der Waals surface area contributed by atoms with Gasteiger partial charge in [0.1, 0.15) is 11.3 Å². The highest BCUT2D eigenvalue weighted by molar-refractivity contribution is 6.30. The molecular weight excluding hydrogens is 410 g/mol. The molecule has 162 valence electrons. The number of fused-ring (bicyclic) bond motifs is 1. The first-order valence-electron chi connectivity index (χ1n) is 10.9. The highest BCUT2D eigenvalue weighted by atomic mass is 35.5. The molecule has 0 aliphatic carbocycles. The number of halogens is 1. The molecule has 3 aromatic rings. The minimum atomic E-state index is 0.0670. The van der Waals surface area contributed by atoms with Crippen molar-refractivity contribution in [3.8, 4) is 16.9 Å². The van der Waals surface area contributed by atoms with E-state index in [1.165, 1.54) is 6.42 Å². The van der Waals surface area contributed by atoms with E-state index in [1.807, 2.05) is 49.1 Å². The van der Waals surface area contributed by atoms with E-state index in [0.29, 0.717) is 11.6 Å². The molecule has 1 amide bonds. The van der Waals surface area contributed by atoms with Gasteiger partial charge in [-0.3, -0.25) is 4.79 Å². The van der Waals surface area contributed by atoms with Crippen molar-refractivity contribution in [1.82, 2.24) is 4.90 Å². The second-order valence-corrected chi connectivity index (χ2v) is 8.57. The standard InChI is InChI=1S/C26H28ClNO3/c1-4-30-24-15-25-22(23(16-31-25)19-8-10-20(27)11-9-19)14-21(24)17(2)13-26(29)28-12-6-5-7-18(28)3/h8-11,13-16,18H,4-7,12H2,1-3H3/b17-13+. The molecule has 1 aliphatic heterocycles. The van der Waals surface area contributed by atoms with Crippen molar-refractivity contribution >= 4 is 34.1 Å². The summed E-state index contributed by atoms with van der Waals surface area (Å²) in [7, 11) is 0. The third-order valence-electron chi connectivity index (χ3n) is 5.98. The zero-order valence-corrected chi connectivity index (χ0v) is 19.0. The van der Waals surface area contributed by atoms with Crippen molar-refractivity contribution in [3.63, 3.8) is 0 Å². The number of piperidine rings is 1. The van der Waals surface area contributed by atoms with Gasteiger partial charge in [-0.05, 0) is 69.4 Å². The number of hydrogen-bond acceptors (Lipinski definition) is 3. The summed E-state index contributed by atoms with van der Waals surface area (Å²) in [6, 6.07) is 12.0. The monoisotopic (exact) mass is 437 g/mol. The number of allylic oxidation sites excluding steroid dienone is 1. The molecule has 4 rings (SSSR count). The SMILES string of the molecule is CCOc1cc2occ(-c3ccc(Cl)cc3)c2cc1/C(C)=C/C(=O)N1CCCCC1C. The molecule has 1 unspecified atom stereocenters. The Labute approximate surface area is 188 Å². The predicted octanol–water partition coefficient (Wildman–Crippen LogP) is 6.96. The van der Waals surface area contributed by atoms with Crippen LogP contribution in [0, 0.1) is 0 Å². The number of ether oxygens (including phenoxy) is 1. The zero-order valence-electron chi connectivity index (χ0n) is 18.3. The van der Waals surface area contributed by atoms with Crippen LogP contribution in [0.2, 0.25) is 5.02 Å². The van der Waals surface area contributed by atoms with Crippen LogP contribution in [0.3, 0.4) is 0 Å². The first-order chi connectivity index (χ1) is 15.0. The Morgan fingerprint density at radius 1 is 1.26 bits per heavy atom. The molecular formula is C26H28ClNO3.